The molecule has 0 saturated heterocycles. The van der Waals surface area contributed by atoms with Crippen molar-refractivity contribution in [1.82, 2.24) is 5.32 Å². The molecule has 5 heteroatoms. The number of benzene rings is 1. The molecule has 0 spiro atoms. The molecule has 1 saturated carbocycles. The van der Waals surface area contributed by atoms with Crippen LogP contribution < -0.4 is 10.1 Å². The number of nitrogens with one attached hydrogen (secondary N) is 1. The zero-order valence-electron chi connectivity index (χ0n) is 11.8. The van der Waals surface area contributed by atoms with E-state index in [1.807, 2.05) is 13.0 Å². The molecule has 1 aliphatic carbocycles. The Hall–Kier alpha value is -1.33. The standard InChI is InChI=1S/C16H17BrFNO2/c1-10-11(8-19-13-3-4-13)6-14(21-10)9-20-16-7-12(17)2-5-15(16)18/h2,5-7,13,19H,3-4,8-9H2,1H3. The van der Waals surface area contributed by atoms with Gasteiger partial charge >= 0.3 is 0 Å². The third kappa shape index (κ3) is 3.86. The maximum Gasteiger partial charge on any atom is 0.165 e. The first kappa shape index (κ1) is 14.6. The van der Waals surface area contributed by atoms with Crippen molar-refractivity contribution < 1.29 is 13.5 Å². The number of hydrogen-bond acceptors (Lipinski definition) is 3. The molecule has 1 heterocycles. The molecule has 1 N–H and O–H groups in total. The highest BCUT2D eigenvalue weighted by Crippen LogP contribution is 2.25. The van der Waals surface area contributed by atoms with E-state index in [4.69, 9.17) is 9.15 Å². The molecule has 0 aliphatic heterocycles. The van der Waals surface area contributed by atoms with Gasteiger partial charge in [-0.05, 0) is 44.0 Å². The lowest BCUT2D eigenvalue weighted by atomic mass is 10.2. The fraction of sp³-hybridized carbons (Fsp3) is 0.375. The van der Waals surface area contributed by atoms with Crippen LogP contribution in [0.1, 0.15) is 29.9 Å². The second-order valence-electron chi connectivity index (χ2n) is 5.31. The van der Waals surface area contributed by atoms with Gasteiger partial charge in [0, 0.05) is 22.6 Å². The maximum atomic E-state index is 13.6. The minimum atomic E-state index is -0.378. The second-order valence-corrected chi connectivity index (χ2v) is 6.23. The zero-order valence-corrected chi connectivity index (χ0v) is 13.4. The van der Waals surface area contributed by atoms with Gasteiger partial charge in [0.2, 0.25) is 0 Å². The molecular weight excluding hydrogens is 337 g/mol. The molecule has 0 bridgehead atoms. The minimum Gasteiger partial charge on any atom is -0.483 e. The average Bonchev–Trinajstić information content (AvgIpc) is 3.21. The van der Waals surface area contributed by atoms with Gasteiger partial charge in [0.15, 0.2) is 11.6 Å². The molecule has 0 radical (unpaired) electrons. The highest BCUT2D eigenvalue weighted by molar-refractivity contribution is 9.10. The van der Waals surface area contributed by atoms with Crippen molar-refractivity contribution in [2.24, 2.45) is 0 Å². The van der Waals surface area contributed by atoms with Crippen molar-refractivity contribution in [1.29, 1.82) is 0 Å². The number of hydrogen-bond donors (Lipinski definition) is 1. The normalized spacial score (nSPS) is 14.4. The fourth-order valence-electron chi connectivity index (χ4n) is 2.11. The van der Waals surface area contributed by atoms with Gasteiger partial charge in [-0.3, -0.25) is 0 Å². The van der Waals surface area contributed by atoms with Gasteiger partial charge in [0.05, 0.1) is 0 Å². The van der Waals surface area contributed by atoms with Crippen LogP contribution in [0.15, 0.2) is 33.2 Å². The highest BCUT2D eigenvalue weighted by Gasteiger charge is 2.21. The van der Waals surface area contributed by atoms with Gasteiger partial charge in [0.1, 0.15) is 18.1 Å². The van der Waals surface area contributed by atoms with Crippen molar-refractivity contribution >= 4 is 15.9 Å². The summed E-state index contributed by atoms with van der Waals surface area (Å²) in [5, 5.41) is 3.45. The Morgan fingerprint density at radius 2 is 2.19 bits per heavy atom. The number of ether oxygens (including phenoxy) is 1. The fourth-order valence-corrected chi connectivity index (χ4v) is 2.45. The average molecular weight is 354 g/mol. The Bertz CT molecular complexity index is 637. The molecule has 2 aromatic rings. The highest BCUT2D eigenvalue weighted by atomic mass is 79.9. The molecule has 1 aromatic carbocycles. The molecule has 21 heavy (non-hydrogen) atoms. The van der Waals surface area contributed by atoms with Gasteiger partial charge in [-0.15, -0.1) is 0 Å². The molecular formula is C16H17BrFNO2. The summed E-state index contributed by atoms with van der Waals surface area (Å²) >= 11 is 3.30. The Balaban J connectivity index is 1.61. The number of rotatable bonds is 6. The molecule has 0 amide bonds. The molecule has 0 unspecified atom stereocenters. The number of furan rings is 1. The van der Waals surface area contributed by atoms with Crippen LogP contribution in [0.2, 0.25) is 0 Å². The predicted molar refractivity (Wildman–Crippen MR) is 81.7 cm³/mol. The summed E-state index contributed by atoms with van der Waals surface area (Å²) in [5.41, 5.74) is 1.13. The predicted octanol–water partition coefficient (Wildman–Crippen LogP) is 4.32. The summed E-state index contributed by atoms with van der Waals surface area (Å²) in [5.74, 6) is 1.43. The van der Waals surface area contributed by atoms with Crippen molar-refractivity contribution in [3.05, 3.63) is 51.6 Å². The van der Waals surface area contributed by atoms with E-state index in [0.717, 1.165) is 22.3 Å². The van der Waals surface area contributed by atoms with Crippen LogP contribution >= 0.6 is 15.9 Å². The maximum absolute atomic E-state index is 13.6. The van der Waals surface area contributed by atoms with E-state index in [9.17, 15) is 4.39 Å². The Labute approximate surface area is 131 Å². The van der Waals surface area contributed by atoms with Crippen LogP contribution in [0.5, 0.6) is 5.75 Å². The third-order valence-corrected chi connectivity index (χ3v) is 3.99. The zero-order chi connectivity index (χ0) is 14.8. The largest absolute Gasteiger partial charge is 0.483 e. The summed E-state index contributed by atoms with van der Waals surface area (Å²) in [6.45, 7) is 2.97. The van der Waals surface area contributed by atoms with E-state index in [-0.39, 0.29) is 18.2 Å². The van der Waals surface area contributed by atoms with Gasteiger partial charge < -0.3 is 14.5 Å². The molecule has 1 fully saturated rings. The molecule has 0 atom stereocenters. The molecule has 112 valence electrons. The van der Waals surface area contributed by atoms with Crippen LogP contribution in [0.25, 0.3) is 0 Å². The molecule has 3 rings (SSSR count). The quantitative estimate of drug-likeness (QED) is 0.839. The third-order valence-electron chi connectivity index (χ3n) is 3.49. The van der Waals surface area contributed by atoms with Crippen molar-refractivity contribution in [3.63, 3.8) is 0 Å². The lowest BCUT2D eigenvalue weighted by molar-refractivity contribution is 0.256. The van der Waals surface area contributed by atoms with Crippen molar-refractivity contribution in [2.75, 3.05) is 0 Å². The van der Waals surface area contributed by atoms with Crippen LogP contribution in [-0.4, -0.2) is 6.04 Å². The SMILES string of the molecule is Cc1oc(COc2cc(Br)ccc2F)cc1CNC1CC1. The van der Waals surface area contributed by atoms with E-state index in [1.165, 1.54) is 18.9 Å². The topological polar surface area (TPSA) is 34.4 Å². The smallest absolute Gasteiger partial charge is 0.165 e. The Morgan fingerprint density at radius 1 is 1.38 bits per heavy atom. The van der Waals surface area contributed by atoms with Crippen molar-refractivity contribution in [2.45, 2.75) is 39.0 Å². The Kier molecular flexibility index (Phi) is 4.31. The van der Waals surface area contributed by atoms with E-state index >= 15 is 0 Å². The van der Waals surface area contributed by atoms with Crippen LogP contribution in [0, 0.1) is 12.7 Å². The van der Waals surface area contributed by atoms with Gasteiger partial charge in [-0.25, -0.2) is 4.39 Å². The number of halogens is 2. The summed E-state index contributed by atoms with van der Waals surface area (Å²) in [7, 11) is 0. The monoisotopic (exact) mass is 353 g/mol. The van der Waals surface area contributed by atoms with Gasteiger partial charge in [-0.2, -0.15) is 0 Å². The van der Waals surface area contributed by atoms with E-state index in [2.05, 4.69) is 21.2 Å². The summed E-state index contributed by atoms with van der Waals surface area (Å²) in [6.07, 6.45) is 2.52. The minimum absolute atomic E-state index is 0.219. The second kappa shape index (κ2) is 6.20. The van der Waals surface area contributed by atoms with E-state index in [1.54, 1.807) is 12.1 Å². The molecule has 3 nitrogen and oxygen atoms in total. The Morgan fingerprint density at radius 3 is 2.95 bits per heavy atom. The van der Waals surface area contributed by atoms with Gasteiger partial charge in [-0.1, -0.05) is 15.9 Å². The summed E-state index contributed by atoms with van der Waals surface area (Å²) in [6, 6.07) is 7.26. The van der Waals surface area contributed by atoms with Crippen LogP contribution in [0.3, 0.4) is 0 Å². The summed E-state index contributed by atoms with van der Waals surface area (Å²) < 4.78 is 25.5. The first-order valence-electron chi connectivity index (χ1n) is 7.01. The van der Waals surface area contributed by atoms with E-state index in [0.29, 0.717) is 11.8 Å². The van der Waals surface area contributed by atoms with Crippen LogP contribution in [-0.2, 0) is 13.2 Å². The lowest BCUT2D eigenvalue weighted by Crippen LogP contribution is -2.15. The lowest BCUT2D eigenvalue weighted by Gasteiger charge is -2.05. The van der Waals surface area contributed by atoms with Crippen molar-refractivity contribution in [3.8, 4) is 5.75 Å². The van der Waals surface area contributed by atoms with E-state index < -0.39 is 0 Å². The summed E-state index contributed by atoms with van der Waals surface area (Å²) in [4.78, 5) is 0. The first-order chi connectivity index (χ1) is 10.1. The van der Waals surface area contributed by atoms with Gasteiger partial charge in [0.25, 0.3) is 0 Å². The van der Waals surface area contributed by atoms with Crippen LogP contribution in [0.4, 0.5) is 4.39 Å². The first-order valence-corrected chi connectivity index (χ1v) is 7.80. The molecule has 1 aliphatic rings. The molecule has 1 aromatic heterocycles. The number of aryl methyl sites for hydroxylation is 1.